The van der Waals surface area contributed by atoms with E-state index in [4.69, 9.17) is 23.7 Å². The Morgan fingerprint density at radius 3 is 1.53 bits per heavy atom. The Hall–Kier alpha value is -4.54. The normalized spacial score (nSPS) is 22.1. The molecule has 0 bridgehead atoms. The SMILES string of the molecule is CCCCC(O[C@@H]1O[C@@H](C)[C@@H](OC(=O)c2ccccc2)[C@@H](OC(=O)c2ccccc2)[C@@H]1OC(=O)c1ccccc1)C(=O)O. The first-order valence-corrected chi connectivity index (χ1v) is 14.1. The van der Waals surface area contributed by atoms with Gasteiger partial charge in [0.25, 0.3) is 0 Å². The Bertz CT molecular complexity index is 1360. The van der Waals surface area contributed by atoms with E-state index in [1.165, 1.54) is 12.1 Å². The average molecular weight is 591 g/mol. The maximum Gasteiger partial charge on any atom is 0.338 e. The highest BCUT2D eigenvalue weighted by atomic mass is 16.7. The van der Waals surface area contributed by atoms with Crippen LogP contribution in [0.1, 0.15) is 64.2 Å². The minimum absolute atomic E-state index is 0.167. The first-order valence-electron chi connectivity index (χ1n) is 14.1. The predicted molar refractivity (Wildman–Crippen MR) is 153 cm³/mol. The van der Waals surface area contributed by atoms with Gasteiger partial charge in [-0.05, 0) is 49.7 Å². The van der Waals surface area contributed by atoms with Crippen molar-refractivity contribution in [1.82, 2.24) is 0 Å². The van der Waals surface area contributed by atoms with Gasteiger partial charge in [0.1, 0.15) is 0 Å². The minimum Gasteiger partial charge on any atom is -0.479 e. The van der Waals surface area contributed by atoms with Gasteiger partial charge >= 0.3 is 23.9 Å². The summed E-state index contributed by atoms with van der Waals surface area (Å²) in [5.74, 6) is -3.53. The van der Waals surface area contributed by atoms with Crippen molar-refractivity contribution in [3.8, 4) is 0 Å². The van der Waals surface area contributed by atoms with Crippen molar-refractivity contribution < 1.29 is 48.0 Å². The van der Waals surface area contributed by atoms with Crippen LogP contribution in [0.4, 0.5) is 0 Å². The van der Waals surface area contributed by atoms with Gasteiger partial charge < -0.3 is 28.8 Å². The molecule has 6 atom stereocenters. The molecule has 0 aliphatic carbocycles. The number of carbonyl (C=O) groups excluding carboxylic acids is 3. The van der Waals surface area contributed by atoms with E-state index in [-0.39, 0.29) is 23.1 Å². The van der Waals surface area contributed by atoms with E-state index in [0.29, 0.717) is 6.42 Å². The Kier molecular flexibility index (Phi) is 11.0. The van der Waals surface area contributed by atoms with Crippen LogP contribution >= 0.6 is 0 Å². The Labute approximate surface area is 249 Å². The van der Waals surface area contributed by atoms with E-state index in [0.717, 1.165) is 6.42 Å². The highest BCUT2D eigenvalue weighted by molar-refractivity contribution is 5.91. The first kappa shape index (κ1) is 31.4. The minimum atomic E-state index is -1.51. The third kappa shape index (κ3) is 8.27. The van der Waals surface area contributed by atoms with E-state index in [2.05, 4.69) is 0 Å². The number of unbranched alkanes of at least 4 members (excludes halogenated alkanes) is 1. The standard InChI is InChI=1S/C33H34O10/c1-3-4-20-25(29(34)35)40-33-28(43-32(38)24-18-12-7-13-19-24)27(42-31(37)23-16-10-6-11-17-23)26(21(2)39-33)41-30(36)22-14-8-5-9-15-22/h5-19,21,25-28,33H,3-4,20H2,1-2H3,(H,34,35)/t21-,25?,26+,27+,28-,33-/m0/s1. The van der Waals surface area contributed by atoms with Gasteiger partial charge in [-0.3, -0.25) is 0 Å². The molecule has 0 spiro atoms. The van der Waals surface area contributed by atoms with Gasteiger partial charge in [-0.15, -0.1) is 0 Å². The van der Waals surface area contributed by atoms with Crippen LogP contribution in [0.25, 0.3) is 0 Å². The molecule has 1 fully saturated rings. The number of hydrogen-bond acceptors (Lipinski definition) is 9. The van der Waals surface area contributed by atoms with Crippen LogP contribution < -0.4 is 0 Å². The largest absolute Gasteiger partial charge is 0.479 e. The van der Waals surface area contributed by atoms with Crippen LogP contribution in [0, 0.1) is 0 Å². The number of ether oxygens (including phenoxy) is 5. The number of carboxylic acids is 1. The molecule has 1 aliphatic rings. The molecule has 1 saturated heterocycles. The molecule has 10 heteroatoms. The van der Waals surface area contributed by atoms with Gasteiger partial charge in [-0.25, -0.2) is 19.2 Å². The number of hydrogen-bond donors (Lipinski definition) is 1. The first-order chi connectivity index (χ1) is 20.8. The van der Waals surface area contributed by atoms with Crippen LogP contribution in [0.3, 0.4) is 0 Å². The summed E-state index contributed by atoms with van der Waals surface area (Å²) >= 11 is 0. The quantitative estimate of drug-likeness (QED) is 0.225. The molecule has 0 radical (unpaired) electrons. The summed E-state index contributed by atoms with van der Waals surface area (Å²) in [6, 6.07) is 24.4. The fraction of sp³-hybridized carbons (Fsp3) is 0.333. The zero-order chi connectivity index (χ0) is 30.8. The van der Waals surface area contributed by atoms with Crippen LogP contribution in [-0.4, -0.2) is 65.8 Å². The second-order valence-electron chi connectivity index (χ2n) is 10.0. The lowest BCUT2D eigenvalue weighted by Gasteiger charge is -2.44. The van der Waals surface area contributed by atoms with Crippen LogP contribution in [0.5, 0.6) is 0 Å². The third-order valence-electron chi connectivity index (χ3n) is 6.88. The monoisotopic (exact) mass is 590 g/mol. The molecule has 0 saturated carbocycles. The van der Waals surface area contributed by atoms with Gasteiger partial charge in [-0.1, -0.05) is 74.4 Å². The third-order valence-corrected chi connectivity index (χ3v) is 6.88. The number of carbonyl (C=O) groups is 4. The zero-order valence-electron chi connectivity index (χ0n) is 23.9. The van der Waals surface area contributed by atoms with Gasteiger partial charge in [0.2, 0.25) is 0 Å². The summed E-state index contributed by atoms with van der Waals surface area (Å²) in [6.07, 6.45) is -6.49. The molecule has 0 aromatic heterocycles. The van der Waals surface area contributed by atoms with E-state index in [9.17, 15) is 24.3 Å². The molecule has 3 aromatic carbocycles. The summed E-state index contributed by atoms with van der Waals surface area (Å²) in [5, 5.41) is 9.86. The molecular weight excluding hydrogens is 556 g/mol. The molecule has 0 amide bonds. The number of aliphatic carboxylic acids is 1. The highest BCUT2D eigenvalue weighted by Gasteiger charge is 2.52. The topological polar surface area (TPSA) is 135 Å². The number of esters is 3. The predicted octanol–water partition coefficient (Wildman–Crippen LogP) is 5.07. The maximum atomic E-state index is 13.3. The van der Waals surface area contributed by atoms with Crippen LogP contribution in [0.2, 0.25) is 0 Å². The highest BCUT2D eigenvalue weighted by Crippen LogP contribution is 2.32. The van der Waals surface area contributed by atoms with Crippen molar-refractivity contribution in [2.24, 2.45) is 0 Å². The fourth-order valence-electron chi connectivity index (χ4n) is 4.60. The Balaban J connectivity index is 1.73. The van der Waals surface area contributed by atoms with Gasteiger partial charge in [0.15, 0.2) is 30.7 Å². The van der Waals surface area contributed by atoms with E-state index in [1.54, 1.807) is 85.8 Å². The smallest absolute Gasteiger partial charge is 0.338 e. The average Bonchev–Trinajstić information content (AvgIpc) is 3.03. The molecule has 1 heterocycles. The van der Waals surface area contributed by atoms with Crippen molar-refractivity contribution in [2.45, 2.75) is 69.9 Å². The van der Waals surface area contributed by atoms with Gasteiger partial charge in [0, 0.05) is 0 Å². The number of rotatable bonds is 12. The molecule has 226 valence electrons. The molecule has 43 heavy (non-hydrogen) atoms. The Morgan fingerprint density at radius 1 is 0.698 bits per heavy atom. The summed E-state index contributed by atoms with van der Waals surface area (Å²) in [4.78, 5) is 51.8. The molecule has 3 aromatic rings. The van der Waals surface area contributed by atoms with Gasteiger partial charge in [0.05, 0.1) is 22.8 Å². The van der Waals surface area contributed by atoms with Gasteiger partial charge in [-0.2, -0.15) is 0 Å². The lowest BCUT2D eigenvalue weighted by atomic mass is 9.98. The lowest BCUT2D eigenvalue weighted by molar-refractivity contribution is -0.300. The molecule has 4 rings (SSSR count). The summed E-state index contributed by atoms with van der Waals surface area (Å²) in [6.45, 7) is 3.48. The summed E-state index contributed by atoms with van der Waals surface area (Å²) in [7, 11) is 0. The van der Waals surface area contributed by atoms with Crippen molar-refractivity contribution in [2.75, 3.05) is 0 Å². The lowest BCUT2D eigenvalue weighted by Crippen LogP contribution is -2.62. The van der Waals surface area contributed by atoms with Crippen molar-refractivity contribution in [3.63, 3.8) is 0 Å². The Morgan fingerprint density at radius 2 is 1.12 bits per heavy atom. The molecule has 1 N–H and O–H groups in total. The van der Waals surface area contributed by atoms with Crippen molar-refractivity contribution in [1.29, 1.82) is 0 Å². The molecule has 1 aliphatic heterocycles. The second kappa shape index (κ2) is 15.1. The molecule has 10 nitrogen and oxygen atoms in total. The van der Waals surface area contributed by atoms with E-state index < -0.39 is 60.7 Å². The maximum absolute atomic E-state index is 13.3. The molecule has 1 unspecified atom stereocenters. The van der Waals surface area contributed by atoms with Crippen LogP contribution in [-0.2, 0) is 28.5 Å². The summed E-state index contributed by atoms with van der Waals surface area (Å²) < 4.78 is 29.5. The van der Waals surface area contributed by atoms with Crippen molar-refractivity contribution in [3.05, 3.63) is 108 Å². The fourth-order valence-corrected chi connectivity index (χ4v) is 4.60. The summed E-state index contributed by atoms with van der Waals surface area (Å²) in [5.41, 5.74) is 0.628. The number of carboxylic acid groups (broad SMARTS) is 1. The van der Waals surface area contributed by atoms with E-state index >= 15 is 0 Å². The zero-order valence-corrected chi connectivity index (χ0v) is 23.9. The van der Waals surface area contributed by atoms with Crippen molar-refractivity contribution >= 4 is 23.9 Å². The molecular formula is C33H34O10. The second-order valence-corrected chi connectivity index (χ2v) is 10.0. The van der Waals surface area contributed by atoms with Crippen LogP contribution in [0.15, 0.2) is 91.0 Å². The van der Waals surface area contributed by atoms with E-state index in [1.807, 2.05) is 6.92 Å². The number of benzene rings is 3.